The largest absolute Gasteiger partial charge is 0.357 e. The lowest BCUT2D eigenvalue weighted by atomic mass is 10.1. The molecule has 0 spiro atoms. The first-order chi connectivity index (χ1) is 8.52. The van der Waals surface area contributed by atoms with E-state index in [4.69, 9.17) is 4.52 Å². The van der Waals surface area contributed by atoms with Gasteiger partial charge >= 0.3 is 0 Å². The van der Waals surface area contributed by atoms with Crippen LogP contribution in [0.3, 0.4) is 0 Å². The third kappa shape index (κ3) is 4.73. The molecule has 1 heterocycles. The lowest BCUT2D eigenvalue weighted by Crippen LogP contribution is -2.44. The first-order valence-electron chi connectivity index (χ1n) is 6.37. The van der Waals surface area contributed by atoms with E-state index in [9.17, 15) is 0 Å². The fourth-order valence-electron chi connectivity index (χ4n) is 1.26. The van der Waals surface area contributed by atoms with Crippen molar-refractivity contribution in [1.82, 2.24) is 20.8 Å². The number of nitrogens with one attached hydrogen (secondary N) is 2. The molecule has 1 aromatic heterocycles. The van der Waals surface area contributed by atoms with Crippen LogP contribution in [0.4, 0.5) is 0 Å². The zero-order valence-corrected chi connectivity index (χ0v) is 11.8. The summed E-state index contributed by atoms with van der Waals surface area (Å²) in [5, 5.41) is 10.4. The lowest BCUT2D eigenvalue weighted by molar-refractivity contribution is 0.387. The van der Waals surface area contributed by atoms with Crippen molar-refractivity contribution in [3.8, 4) is 0 Å². The summed E-state index contributed by atoms with van der Waals surface area (Å²) in [5.74, 6) is 2.48. The van der Waals surface area contributed by atoms with Crippen LogP contribution in [-0.4, -0.2) is 28.7 Å². The lowest BCUT2D eigenvalue weighted by Gasteiger charge is -2.20. The Morgan fingerprint density at radius 1 is 1.39 bits per heavy atom. The second-order valence-electron chi connectivity index (χ2n) is 4.60. The van der Waals surface area contributed by atoms with Crippen LogP contribution < -0.4 is 10.6 Å². The Balaban J connectivity index is 2.60. The van der Waals surface area contributed by atoms with Crippen molar-refractivity contribution in [2.75, 3.05) is 6.54 Å². The number of hydrogen-bond donors (Lipinski definition) is 2. The zero-order chi connectivity index (χ0) is 13.5. The summed E-state index contributed by atoms with van der Waals surface area (Å²) in [6.07, 6.45) is 0. The van der Waals surface area contributed by atoms with E-state index >= 15 is 0 Å². The van der Waals surface area contributed by atoms with E-state index in [1.807, 2.05) is 6.92 Å². The minimum Gasteiger partial charge on any atom is -0.357 e. The second-order valence-corrected chi connectivity index (χ2v) is 4.60. The van der Waals surface area contributed by atoms with Crippen molar-refractivity contribution >= 4 is 5.96 Å². The van der Waals surface area contributed by atoms with E-state index in [0.717, 1.165) is 12.5 Å². The number of nitrogens with zero attached hydrogens (tertiary/aromatic N) is 3. The first kappa shape index (κ1) is 14.5. The molecule has 0 fully saturated rings. The van der Waals surface area contributed by atoms with Gasteiger partial charge in [0, 0.05) is 19.5 Å². The number of aryl methyl sites for hydroxylation is 1. The first-order valence-corrected chi connectivity index (χ1v) is 6.37. The summed E-state index contributed by atoms with van der Waals surface area (Å²) < 4.78 is 4.90. The summed E-state index contributed by atoms with van der Waals surface area (Å²) in [5.41, 5.74) is 0. The van der Waals surface area contributed by atoms with Crippen LogP contribution in [0.2, 0.25) is 0 Å². The Hall–Kier alpha value is -1.59. The molecule has 18 heavy (non-hydrogen) atoms. The summed E-state index contributed by atoms with van der Waals surface area (Å²) in [4.78, 5) is 8.55. The van der Waals surface area contributed by atoms with Crippen molar-refractivity contribution in [2.24, 2.45) is 10.9 Å². The minimum absolute atomic E-state index is 0.356. The van der Waals surface area contributed by atoms with Gasteiger partial charge in [0.2, 0.25) is 5.89 Å². The molecule has 2 N–H and O–H groups in total. The molecule has 0 radical (unpaired) electrons. The number of hydrogen-bond acceptors (Lipinski definition) is 4. The molecule has 0 aromatic carbocycles. The van der Waals surface area contributed by atoms with Gasteiger partial charge in [-0.25, -0.2) is 4.99 Å². The predicted molar refractivity (Wildman–Crippen MR) is 71.3 cm³/mol. The predicted octanol–water partition coefficient (Wildman–Crippen LogP) is 1.48. The molecule has 6 nitrogen and oxygen atoms in total. The topological polar surface area (TPSA) is 75.3 Å². The average molecular weight is 253 g/mol. The van der Waals surface area contributed by atoms with Gasteiger partial charge in [-0.1, -0.05) is 19.0 Å². The molecule has 1 unspecified atom stereocenters. The molecule has 102 valence electrons. The Bertz CT molecular complexity index is 386. The highest BCUT2D eigenvalue weighted by Crippen LogP contribution is 2.00. The molecule has 0 aliphatic rings. The second kappa shape index (κ2) is 6.98. The number of aromatic nitrogens is 2. The van der Waals surface area contributed by atoms with Gasteiger partial charge in [-0.3, -0.25) is 0 Å². The van der Waals surface area contributed by atoms with Gasteiger partial charge in [-0.05, 0) is 19.8 Å². The summed E-state index contributed by atoms with van der Waals surface area (Å²) in [7, 11) is 0. The van der Waals surface area contributed by atoms with E-state index in [-0.39, 0.29) is 0 Å². The molecule has 0 bridgehead atoms. The maximum Gasteiger partial charge on any atom is 0.223 e. The Labute approximate surface area is 108 Å². The third-order valence-corrected chi connectivity index (χ3v) is 2.66. The quantitative estimate of drug-likeness (QED) is 0.614. The van der Waals surface area contributed by atoms with Gasteiger partial charge in [-0.2, -0.15) is 4.98 Å². The van der Waals surface area contributed by atoms with Gasteiger partial charge < -0.3 is 15.2 Å². The molecular weight excluding hydrogens is 230 g/mol. The highest BCUT2D eigenvalue weighted by Gasteiger charge is 2.09. The van der Waals surface area contributed by atoms with E-state index in [2.05, 4.69) is 46.5 Å². The van der Waals surface area contributed by atoms with Gasteiger partial charge in [-0.15, -0.1) is 0 Å². The maximum atomic E-state index is 4.90. The molecule has 6 heteroatoms. The molecule has 0 aliphatic heterocycles. The Kier molecular flexibility index (Phi) is 5.61. The van der Waals surface area contributed by atoms with E-state index in [0.29, 0.717) is 30.2 Å². The summed E-state index contributed by atoms with van der Waals surface area (Å²) in [6, 6.07) is 0.356. The van der Waals surface area contributed by atoms with E-state index in [1.54, 1.807) is 6.92 Å². The fourth-order valence-corrected chi connectivity index (χ4v) is 1.26. The molecular formula is C12H23N5O. The van der Waals surface area contributed by atoms with Gasteiger partial charge in [0.1, 0.15) is 6.54 Å². The van der Waals surface area contributed by atoms with Crippen molar-refractivity contribution < 1.29 is 4.52 Å². The van der Waals surface area contributed by atoms with Crippen LogP contribution in [-0.2, 0) is 6.54 Å². The minimum atomic E-state index is 0.356. The number of guanidine groups is 1. The fraction of sp³-hybridized carbons (Fsp3) is 0.750. The summed E-state index contributed by atoms with van der Waals surface area (Å²) >= 11 is 0. The maximum absolute atomic E-state index is 4.90. The molecule has 0 saturated carbocycles. The SMILES string of the molecule is CCNC(=NCc1noc(C)n1)NC(C)C(C)C. The standard InChI is InChI=1S/C12H23N5O/c1-6-13-12(15-9(4)8(2)3)14-7-11-16-10(5)18-17-11/h8-9H,6-7H2,1-5H3,(H2,13,14,15). The molecule has 1 aromatic rings. The Morgan fingerprint density at radius 2 is 2.11 bits per heavy atom. The average Bonchev–Trinajstić information content (AvgIpc) is 2.72. The van der Waals surface area contributed by atoms with E-state index < -0.39 is 0 Å². The monoisotopic (exact) mass is 253 g/mol. The molecule has 0 amide bonds. The van der Waals surface area contributed by atoms with Gasteiger partial charge in [0.05, 0.1) is 0 Å². The van der Waals surface area contributed by atoms with Crippen LogP contribution in [0.5, 0.6) is 0 Å². The van der Waals surface area contributed by atoms with Crippen molar-refractivity contribution in [2.45, 2.75) is 47.2 Å². The van der Waals surface area contributed by atoms with Crippen molar-refractivity contribution in [1.29, 1.82) is 0 Å². The van der Waals surface area contributed by atoms with Gasteiger partial charge in [0.25, 0.3) is 0 Å². The molecule has 1 rings (SSSR count). The number of rotatable bonds is 5. The Morgan fingerprint density at radius 3 is 2.61 bits per heavy atom. The highest BCUT2D eigenvalue weighted by molar-refractivity contribution is 5.80. The number of aliphatic imine (C=N–C) groups is 1. The normalized spacial score (nSPS) is 13.8. The van der Waals surface area contributed by atoms with Crippen LogP contribution >= 0.6 is 0 Å². The molecule has 1 atom stereocenters. The molecule has 0 saturated heterocycles. The highest BCUT2D eigenvalue weighted by atomic mass is 16.5. The smallest absolute Gasteiger partial charge is 0.223 e. The summed E-state index contributed by atoms with van der Waals surface area (Å²) in [6.45, 7) is 11.5. The van der Waals surface area contributed by atoms with Gasteiger partial charge in [0.15, 0.2) is 11.8 Å². The van der Waals surface area contributed by atoms with Crippen molar-refractivity contribution in [3.63, 3.8) is 0 Å². The molecule has 0 aliphatic carbocycles. The van der Waals surface area contributed by atoms with E-state index in [1.165, 1.54) is 0 Å². The van der Waals surface area contributed by atoms with Crippen LogP contribution in [0.1, 0.15) is 39.4 Å². The van der Waals surface area contributed by atoms with Crippen LogP contribution in [0.15, 0.2) is 9.52 Å². The van der Waals surface area contributed by atoms with Crippen LogP contribution in [0, 0.1) is 12.8 Å². The third-order valence-electron chi connectivity index (χ3n) is 2.66. The zero-order valence-electron chi connectivity index (χ0n) is 11.8. The van der Waals surface area contributed by atoms with Crippen LogP contribution in [0.25, 0.3) is 0 Å². The van der Waals surface area contributed by atoms with Crippen molar-refractivity contribution in [3.05, 3.63) is 11.7 Å².